The van der Waals surface area contributed by atoms with Crippen LogP contribution in [0.1, 0.15) is 29.0 Å². The van der Waals surface area contributed by atoms with Crippen molar-refractivity contribution in [3.63, 3.8) is 0 Å². The molecule has 0 bridgehead atoms. The molecule has 0 saturated heterocycles. The van der Waals surface area contributed by atoms with Gasteiger partial charge in [0.15, 0.2) is 11.5 Å². The first-order valence-corrected chi connectivity index (χ1v) is 10.4. The second-order valence-electron chi connectivity index (χ2n) is 7.10. The number of fused-ring (bicyclic) bond motifs is 1. The van der Waals surface area contributed by atoms with Gasteiger partial charge in [0.1, 0.15) is 25.1 Å². The van der Waals surface area contributed by atoms with Crippen molar-refractivity contribution in [2.45, 2.75) is 13.1 Å². The van der Waals surface area contributed by atoms with Crippen LogP contribution < -0.4 is 19.5 Å². The number of amides is 1. The summed E-state index contributed by atoms with van der Waals surface area (Å²) in [7, 11) is 1.61. The van der Waals surface area contributed by atoms with Gasteiger partial charge >= 0.3 is 0 Å². The molecule has 0 saturated carbocycles. The van der Waals surface area contributed by atoms with E-state index in [1.807, 2.05) is 84.6 Å². The van der Waals surface area contributed by atoms with E-state index in [2.05, 4.69) is 5.32 Å². The number of hydrogen-bond acceptors (Lipinski definition) is 5. The Kier molecular flexibility index (Phi) is 6.26. The zero-order valence-corrected chi connectivity index (χ0v) is 17.7. The predicted octanol–water partition coefficient (Wildman–Crippen LogP) is 4.74. The smallest absolute Gasteiger partial charge is 0.257 e. The normalized spacial score (nSPS) is 15.1. The average molecular weight is 418 g/mol. The van der Waals surface area contributed by atoms with Gasteiger partial charge in [-0.2, -0.15) is 0 Å². The van der Waals surface area contributed by atoms with Gasteiger partial charge < -0.3 is 24.4 Å². The maximum atomic E-state index is 13.0. The second kappa shape index (κ2) is 9.43. The summed E-state index contributed by atoms with van der Waals surface area (Å²) >= 11 is 0. The molecular formula is C25H26N2O4. The Morgan fingerprint density at radius 2 is 1.65 bits per heavy atom. The quantitative estimate of drug-likeness (QED) is 0.536. The molecule has 1 heterocycles. The maximum absolute atomic E-state index is 13.0. The summed E-state index contributed by atoms with van der Waals surface area (Å²) in [6.07, 6.45) is -0.281. The van der Waals surface area contributed by atoms with Gasteiger partial charge in [-0.25, -0.2) is 0 Å². The van der Waals surface area contributed by atoms with Crippen molar-refractivity contribution in [1.29, 1.82) is 0 Å². The van der Waals surface area contributed by atoms with Crippen molar-refractivity contribution in [3.05, 3.63) is 83.9 Å². The van der Waals surface area contributed by atoms with Gasteiger partial charge in [0.2, 0.25) is 0 Å². The molecule has 0 fully saturated rings. The van der Waals surface area contributed by atoms with Crippen LogP contribution in [0.25, 0.3) is 0 Å². The van der Waals surface area contributed by atoms with Crippen LogP contribution in [0.4, 0.5) is 5.69 Å². The Bertz CT molecular complexity index is 1040. The van der Waals surface area contributed by atoms with Gasteiger partial charge in [-0.1, -0.05) is 36.4 Å². The monoisotopic (exact) mass is 418 g/mol. The molecule has 1 amide bonds. The average Bonchev–Trinajstić information content (AvgIpc) is 2.82. The lowest BCUT2D eigenvalue weighted by atomic mass is 10.0. The van der Waals surface area contributed by atoms with Crippen LogP contribution in [0.3, 0.4) is 0 Å². The van der Waals surface area contributed by atoms with Gasteiger partial charge in [0, 0.05) is 12.2 Å². The Morgan fingerprint density at radius 3 is 2.42 bits per heavy atom. The zero-order chi connectivity index (χ0) is 21.6. The summed E-state index contributed by atoms with van der Waals surface area (Å²) in [4.78, 5) is 14.8. The number of carbonyl (C=O) groups is 1. The lowest BCUT2D eigenvalue weighted by Crippen LogP contribution is -2.42. The number of para-hydroxylation sites is 2. The zero-order valence-electron chi connectivity index (χ0n) is 17.7. The first-order chi connectivity index (χ1) is 15.2. The van der Waals surface area contributed by atoms with Crippen molar-refractivity contribution in [1.82, 2.24) is 4.90 Å². The Balaban J connectivity index is 1.47. The Morgan fingerprint density at radius 1 is 0.903 bits per heavy atom. The summed E-state index contributed by atoms with van der Waals surface area (Å²) in [6, 6.07) is 22.9. The first kappa shape index (κ1) is 20.6. The molecule has 4 rings (SSSR count). The Hall–Kier alpha value is -3.67. The highest BCUT2D eigenvalue weighted by Gasteiger charge is 2.32. The third-order valence-electron chi connectivity index (χ3n) is 5.22. The van der Waals surface area contributed by atoms with Gasteiger partial charge in [0.25, 0.3) is 5.91 Å². The summed E-state index contributed by atoms with van der Waals surface area (Å²) < 4.78 is 17.1. The first-order valence-electron chi connectivity index (χ1n) is 10.4. The number of benzene rings is 3. The van der Waals surface area contributed by atoms with Crippen molar-refractivity contribution >= 4 is 11.6 Å². The second-order valence-corrected chi connectivity index (χ2v) is 7.10. The van der Waals surface area contributed by atoms with Gasteiger partial charge in [-0.05, 0) is 48.9 Å². The number of carbonyl (C=O) groups excluding carboxylic acids is 1. The molecule has 1 aliphatic heterocycles. The number of rotatable bonds is 8. The Labute approximate surface area is 182 Å². The van der Waals surface area contributed by atoms with E-state index in [4.69, 9.17) is 14.2 Å². The molecule has 1 unspecified atom stereocenters. The lowest BCUT2D eigenvalue weighted by molar-refractivity contribution is 0.0694. The molecule has 31 heavy (non-hydrogen) atoms. The predicted molar refractivity (Wildman–Crippen MR) is 120 cm³/mol. The standard InChI is InChI=1S/C25H26N2O4/c1-3-27-24(26-21-12-8-7-11-20(21)25(27)28)18-13-14-22(23(17-18)29-2)31-16-15-30-19-9-5-4-6-10-19/h4-14,17,24,26H,3,15-16H2,1-2H3. The molecule has 3 aromatic rings. The van der Waals surface area contributed by atoms with Gasteiger partial charge in [0.05, 0.1) is 12.7 Å². The fourth-order valence-corrected chi connectivity index (χ4v) is 3.68. The highest BCUT2D eigenvalue weighted by molar-refractivity contribution is 6.01. The van der Waals surface area contributed by atoms with Crippen LogP contribution >= 0.6 is 0 Å². The molecule has 0 aliphatic carbocycles. The highest BCUT2D eigenvalue weighted by Crippen LogP contribution is 2.36. The minimum absolute atomic E-state index is 0.0132. The van der Waals surface area contributed by atoms with Crippen LogP contribution in [0.2, 0.25) is 0 Å². The topological polar surface area (TPSA) is 60.0 Å². The van der Waals surface area contributed by atoms with Crippen molar-refractivity contribution in [3.8, 4) is 17.2 Å². The molecule has 6 heteroatoms. The van der Waals surface area contributed by atoms with E-state index >= 15 is 0 Å². The van der Waals surface area contributed by atoms with E-state index in [1.54, 1.807) is 7.11 Å². The van der Waals surface area contributed by atoms with E-state index < -0.39 is 0 Å². The number of hydrogen-bond donors (Lipinski definition) is 1. The molecule has 6 nitrogen and oxygen atoms in total. The molecule has 0 radical (unpaired) electrons. The van der Waals surface area contributed by atoms with Crippen molar-refractivity contribution in [2.24, 2.45) is 0 Å². The fourth-order valence-electron chi connectivity index (χ4n) is 3.68. The van der Waals surface area contributed by atoms with E-state index in [1.165, 1.54) is 0 Å². The molecule has 0 spiro atoms. The van der Waals surface area contributed by atoms with Crippen molar-refractivity contribution < 1.29 is 19.0 Å². The summed E-state index contributed by atoms with van der Waals surface area (Å²) in [5.74, 6) is 2.07. The molecule has 1 N–H and O–H groups in total. The number of anilines is 1. The van der Waals surface area contributed by atoms with Crippen LogP contribution in [0, 0.1) is 0 Å². The number of ether oxygens (including phenoxy) is 3. The molecular weight excluding hydrogens is 392 g/mol. The molecule has 160 valence electrons. The minimum Gasteiger partial charge on any atom is -0.493 e. The molecule has 3 aromatic carbocycles. The number of nitrogens with zero attached hydrogens (tertiary/aromatic N) is 1. The SMILES string of the molecule is CCN1C(=O)c2ccccc2NC1c1ccc(OCCOc2ccccc2)c(OC)c1. The van der Waals surface area contributed by atoms with Crippen LogP contribution in [-0.4, -0.2) is 37.7 Å². The third kappa shape index (κ3) is 4.43. The molecule has 0 aromatic heterocycles. The largest absolute Gasteiger partial charge is 0.493 e. The molecule has 1 atom stereocenters. The summed E-state index contributed by atoms with van der Waals surface area (Å²) in [5.41, 5.74) is 2.44. The van der Waals surface area contributed by atoms with E-state index in [0.717, 1.165) is 17.0 Å². The van der Waals surface area contributed by atoms with E-state index in [0.29, 0.717) is 36.8 Å². The minimum atomic E-state index is -0.281. The highest BCUT2D eigenvalue weighted by atomic mass is 16.5. The lowest BCUT2D eigenvalue weighted by Gasteiger charge is -2.37. The molecule has 1 aliphatic rings. The van der Waals surface area contributed by atoms with E-state index in [9.17, 15) is 4.79 Å². The van der Waals surface area contributed by atoms with E-state index in [-0.39, 0.29) is 12.1 Å². The summed E-state index contributed by atoms with van der Waals surface area (Å²) in [5, 5.41) is 3.47. The number of methoxy groups -OCH3 is 1. The van der Waals surface area contributed by atoms with Gasteiger partial charge in [-0.15, -0.1) is 0 Å². The fraction of sp³-hybridized carbons (Fsp3) is 0.240. The third-order valence-corrected chi connectivity index (χ3v) is 5.22. The van der Waals surface area contributed by atoms with Gasteiger partial charge in [-0.3, -0.25) is 4.79 Å². The van der Waals surface area contributed by atoms with Crippen LogP contribution in [-0.2, 0) is 0 Å². The summed E-state index contributed by atoms with van der Waals surface area (Å²) in [6.45, 7) is 3.37. The van der Waals surface area contributed by atoms with Crippen LogP contribution in [0.15, 0.2) is 72.8 Å². The van der Waals surface area contributed by atoms with Crippen LogP contribution in [0.5, 0.6) is 17.2 Å². The van der Waals surface area contributed by atoms with Crippen molar-refractivity contribution in [2.75, 3.05) is 32.2 Å². The number of nitrogens with one attached hydrogen (secondary N) is 1. The maximum Gasteiger partial charge on any atom is 0.257 e.